The molecule has 8 heteroatoms. The highest BCUT2D eigenvalue weighted by molar-refractivity contribution is 7.88. The van der Waals surface area contributed by atoms with Crippen LogP contribution < -0.4 is 9.46 Å². The third kappa shape index (κ3) is 5.38. The fraction of sp³-hybridized carbons (Fsp3) is 0.263. The summed E-state index contributed by atoms with van der Waals surface area (Å²) in [6, 6.07) is 14.7. The van der Waals surface area contributed by atoms with Gasteiger partial charge in [0, 0.05) is 18.5 Å². The lowest BCUT2D eigenvalue weighted by atomic mass is 10.2. The second-order valence-electron chi connectivity index (χ2n) is 6.12. The molecule has 0 fully saturated rings. The highest BCUT2D eigenvalue weighted by Crippen LogP contribution is 2.21. The fourth-order valence-electron chi connectivity index (χ4n) is 2.59. The Bertz CT molecular complexity index is 998. The van der Waals surface area contributed by atoms with E-state index in [1.165, 1.54) is 0 Å². The number of aromatic nitrogens is 2. The van der Waals surface area contributed by atoms with E-state index in [1.54, 1.807) is 25.3 Å². The van der Waals surface area contributed by atoms with Crippen LogP contribution in [0.15, 0.2) is 52.9 Å². The first kappa shape index (κ1) is 19.1. The lowest BCUT2D eigenvalue weighted by Gasteiger charge is -2.06. The van der Waals surface area contributed by atoms with Crippen LogP contribution >= 0.6 is 0 Å². The van der Waals surface area contributed by atoms with E-state index in [1.807, 2.05) is 37.3 Å². The quantitative estimate of drug-likeness (QED) is 0.639. The third-order valence-electron chi connectivity index (χ3n) is 3.90. The molecule has 0 saturated carbocycles. The zero-order valence-corrected chi connectivity index (χ0v) is 16.0. The lowest BCUT2D eigenvalue weighted by molar-refractivity contribution is 0.415. The first-order valence-corrected chi connectivity index (χ1v) is 10.1. The molecule has 0 aliphatic heterocycles. The van der Waals surface area contributed by atoms with Gasteiger partial charge in [0.2, 0.25) is 21.8 Å². The van der Waals surface area contributed by atoms with E-state index < -0.39 is 10.0 Å². The van der Waals surface area contributed by atoms with Gasteiger partial charge in [-0.05, 0) is 36.8 Å². The van der Waals surface area contributed by atoms with Crippen LogP contribution in [0.2, 0.25) is 0 Å². The summed E-state index contributed by atoms with van der Waals surface area (Å²) in [4.78, 5) is 0. The maximum Gasteiger partial charge on any atom is 0.247 e. The Morgan fingerprint density at radius 1 is 1.11 bits per heavy atom. The summed E-state index contributed by atoms with van der Waals surface area (Å²) in [7, 11) is -1.83. The van der Waals surface area contributed by atoms with Crippen LogP contribution in [0.25, 0.3) is 11.5 Å². The Morgan fingerprint density at radius 2 is 1.89 bits per heavy atom. The van der Waals surface area contributed by atoms with E-state index >= 15 is 0 Å². The summed E-state index contributed by atoms with van der Waals surface area (Å²) in [5.41, 5.74) is 2.55. The molecule has 7 nitrogen and oxygen atoms in total. The van der Waals surface area contributed by atoms with Crippen LogP contribution in [-0.2, 0) is 22.2 Å². The Kier molecular flexibility index (Phi) is 5.88. The summed E-state index contributed by atoms with van der Waals surface area (Å²) in [6.45, 7) is 2.12. The van der Waals surface area contributed by atoms with Gasteiger partial charge in [0.1, 0.15) is 5.75 Å². The molecule has 1 N–H and O–H groups in total. The van der Waals surface area contributed by atoms with Crippen molar-refractivity contribution < 1.29 is 17.6 Å². The zero-order valence-electron chi connectivity index (χ0n) is 15.2. The normalized spacial score (nSPS) is 11.5. The van der Waals surface area contributed by atoms with Gasteiger partial charge in [-0.15, -0.1) is 10.2 Å². The molecule has 0 atom stereocenters. The van der Waals surface area contributed by atoms with Crippen molar-refractivity contribution in [2.75, 3.05) is 13.7 Å². The average molecular weight is 387 g/mol. The third-order valence-corrected chi connectivity index (χ3v) is 5.26. The summed E-state index contributed by atoms with van der Waals surface area (Å²) >= 11 is 0. The summed E-state index contributed by atoms with van der Waals surface area (Å²) in [5, 5.41) is 7.97. The monoisotopic (exact) mass is 387 g/mol. The van der Waals surface area contributed by atoms with E-state index in [-0.39, 0.29) is 12.3 Å². The lowest BCUT2D eigenvalue weighted by Crippen LogP contribution is -2.27. The van der Waals surface area contributed by atoms with Gasteiger partial charge in [0.15, 0.2) is 0 Å². The van der Waals surface area contributed by atoms with Crippen molar-refractivity contribution in [3.8, 4) is 17.2 Å². The van der Waals surface area contributed by atoms with Crippen molar-refractivity contribution >= 4 is 10.0 Å². The molecule has 0 saturated heterocycles. The van der Waals surface area contributed by atoms with Crippen molar-refractivity contribution in [2.24, 2.45) is 0 Å². The molecule has 1 aromatic heterocycles. The molecule has 0 amide bonds. The van der Waals surface area contributed by atoms with Crippen molar-refractivity contribution in [3.63, 3.8) is 0 Å². The van der Waals surface area contributed by atoms with E-state index in [4.69, 9.17) is 9.15 Å². The number of nitrogens with one attached hydrogen (secondary N) is 1. The van der Waals surface area contributed by atoms with Crippen molar-refractivity contribution in [3.05, 3.63) is 65.5 Å². The number of hydrogen-bond acceptors (Lipinski definition) is 6. The van der Waals surface area contributed by atoms with E-state index in [2.05, 4.69) is 14.9 Å². The fourth-order valence-corrected chi connectivity index (χ4v) is 3.72. The summed E-state index contributed by atoms with van der Waals surface area (Å²) in [6.07, 6.45) is 0.316. The minimum absolute atomic E-state index is 0.0599. The largest absolute Gasteiger partial charge is 0.497 e. The summed E-state index contributed by atoms with van der Waals surface area (Å²) < 4.78 is 37.7. The number of ether oxygens (including phenoxy) is 1. The highest BCUT2D eigenvalue weighted by Gasteiger charge is 2.13. The van der Waals surface area contributed by atoms with Crippen LogP contribution in [0.5, 0.6) is 5.75 Å². The molecule has 2 aromatic carbocycles. The average Bonchev–Trinajstić information content (AvgIpc) is 3.10. The molecule has 3 rings (SSSR count). The molecule has 0 aliphatic rings. The van der Waals surface area contributed by atoms with E-state index in [0.717, 1.165) is 22.4 Å². The smallest absolute Gasteiger partial charge is 0.247 e. The Labute approximate surface area is 158 Å². The second-order valence-corrected chi connectivity index (χ2v) is 7.93. The maximum atomic E-state index is 12.2. The molecule has 142 valence electrons. The van der Waals surface area contributed by atoms with E-state index in [9.17, 15) is 8.42 Å². The standard InChI is InChI=1S/C19H21N3O4S/c1-14-4-3-5-15(12-14)13-27(23,24)20-11-10-18-21-22-19(26-18)16-6-8-17(25-2)9-7-16/h3-9,12,20H,10-11,13H2,1-2H3. The summed E-state index contributed by atoms with van der Waals surface area (Å²) in [5.74, 6) is 1.44. The Hall–Kier alpha value is -2.71. The predicted octanol–water partition coefficient (Wildman–Crippen LogP) is 2.72. The molecular formula is C19H21N3O4S. The number of nitrogens with zero attached hydrogens (tertiary/aromatic N) is 2. The van der Waals surface area contributed by atoms with Crippen molar-refractivity contribution in [1.82, 2.24) is 14.9 Å². The van der Waals surface area contributed by atoms with Crippen LogP contribution in [0.3, 0.4) is 0 Å². The predicted molar refractivity (Wildman–Crippen MR) is 102 cm³/mol. The van der Waals surface area contributed by atoms with Crippen LogP contribution in [0.4, 0.5) is 0 Å². The van der Waals surface area contributed by atoms with Crippen molar-refractivity contribution in [2.45, 2.75) is 19.1 Å². The number of aryl methyl sites for hydroxylation is 1. The van der Waals surface area contributed by atoms with Gasteiger partial charge >= 0.3 is 0 Å². The number of methoxy groups -OCH3 is 1. The SMILES string of the molecule is COc1ccc(-c2nnc(CCNS(=O)(=O)Cc3cccc(C)c3)o2)cc1. The number of hydrogen-bond donors (Lipinski definition) is 1. The molecule has 1 heterocycles. The van der Waals surface area contributed by atoms with E-state index in [0.29, 0.717) is 18.2 Å². The van der Waals surface area contributed by atoms with Gasteiger partial charge in [-0.3, -0.25) is 0 Å². The first-order chi connectivity index (χ1) is 12.9. The number of sulfonamides is 1. The topological polar surface area (TPSA) is 94.3 Å². The van der Waals surface area contributed by atoms with Gasteiger partial charge in [-0.1, -0.05) is 29.8 Å². The minimum atomic E-state index is -3.43. The molecule has 0 spiro atoms. The molecule has 0 unspecified atom stereocenters. The molecule has 3 aromatic rings. The molecular weight excluding hydrogens is 366 g/mol. The van der Waals surface area contributed by atoms with Crippen LogP contribution in [-0.4, -0.2) is 32.3 Å². The van der Waals surface area contributed by atoms with Gasteiger partial charge in [0.25, 0.3) is 0 Å². The van der Waals surface area contributed by atoms with Gasteiger partial charge in [-0.25, -0.2) is 13.1 Å². The van der Waals surface area contributed by atoms with Crippen LogP contribution in [0, 0.1) is 6.92 Å². The molecule has 0 radical (unpaired) electrons. The highest BCUT2D eigenvalue weighted by atomic mass is 32.2. The Morgan fingerprint density at radius 3 is 2.59 bits per heavy atom. The van der Waals surface area contributed by atoms with Gasteiger partial charge in [-0.2, -0.15) is 0 Å². The molecule has 0 aliphatic carbocycles. The molecule has 27 heavy (non-hydrogen) atoms. The van der Waals surface area contributed by atoms with Crippen molar-refractivity contribution in [1.29, 1.82) is 0 Å². The number of benzene rings is 2. The maximum absolute atomic E-state index is 12.2. The number of rotatable bonds is 8. The van der Waals surface area contributed by atoms with Gasteiger partial charge < -0.3 is 9.15 Å². The Balaban J connectivity index is 1.55. The molecule has 0 bridgehead atoms. The second kappa shape index (κ2) is 8.32. The minimum Gasteiger partial charge on any atom is -0.497 e. The van der Waals surface area contributed by atoms with Crippen LogP contribution in [0.1, 0.15) is 17.0 Å². The van der Waals surface area contributed by atoms with Gasteiger partial charge in [0.05, 0.1) is 12.9 Å². The zero-order chi connectivity index (χ0) is 19.3. The first-order valence-electron chi connectivity index (χ1n) is 8.45.